The van der Waals surface area contributed by atoms with Crippen LogP contribution < -0.4 is 5.32 Å². The first-order chi connectivity index (χ1) is 11.2. The molecule has 0 atom stereocenters. The Kier molecular flexibility index (Phi) is 4.83. The van der Waals surface area contributed by atoms with Crippen molar-refractivity contribution in [3.63, 3.8) is 0 Å². The standard InChI is InChI=1S/C17H21N5O/c1-21-7-9-22(10-8-21)17(23)15-12-20-16(13-18-15)19-11-14-5-3-2-4-6-14/h2-6,12-13H,7-11H2,1H3,(H,19,20). The lowest BCUT2D eigenvalue weighted by molar-refractivity contribution is 0.0658. The van der Waals surface area contributed by atoms with Crippen LogP contribution in [-0.2, 0) is 6.54 Å². The average molecular weight is 311 g/mol. The third-order valence-electron chi connectivity index (χ3n) is 3.98. The normalized spacial score (nSPS) is 15.4. The first-order valence-corrected chi connectivity index (χ1v) is 7.80. The number of nitrogens with one attached hydrogen (secondary N) is 1. The number of anilines is 1. The number of hydrogen-bond donors (Lipinski definition) is 1. The highest BCUT2D eigenvalue weighted by Crippen LogP contribution is 2.08. The van der Waals surface area contributed by atoms with E-state index in [1.807, 2.05) is 35.2 Å². The molecule has 6 nitrogen and oxygen atoms in total. The van der Waals surface area contributed by atoms with Crippen LogP contribution in [-0.4, -0.2) is 58.9 Å². The molecule has 0 saturated carbocycles. The molecule has 0 unspecified atom stereocenters. The second kappa shape index (κ2) is 7.19. The highest BCUT2D eigenvalue weighted by molar-refractivity contribution is 5.92. The number of benzene rings is 1. The Balaban J connectivity index is 1.57. The van der Waals surface area contributed by atoms with Crippen molar-refractivity contribution in [1.29, 1.82) is 0 Å². The summed E-state index contributed by atoms with van der Waals surface area (Å²) in [5, 5.41) is 3.21. The number of carbonyl (C=O) groups is 1. The third-order valence-corrected chi connectivity index (χ3v) is 3.98. The molecule has 0 radical (unpaired) electrons. The Bertz CT molecular complexity index is 636. The van der Waals surface area contributed by atoms with Gasteiger partial charge in [0.25, 0.3) is 5.91 Å². The number of aromatic nitrogens is 2. The average Bonchev–Trinajstić information content (AvgIpc) is 2.61. The highest BCUT2D eigenvalue weighted by Gasteiger charge is 2.21. The van der Waals surface area contributed by atoms with Crippen LogP contribution in [0.2, 0.25) is 0 Å². The van der Waals surface area contributed by atoms with Gasteiger partial charge < -0.3 is 15.1 Å². The SMILES string of the molecule is CN1CCN(C(=O)c2cnc(NCc3ccccc3)cn2)CC1. The molecule has 6 heteroatoms. The molecule has 1 aliphatic rings. The lowest BCUT2D eigenvalue weighted by Gasteiger charge is -2.32. The van der Waals surface area contributed by atoms with E-state index < -0.39 is 0 Å². The first-order valence-electron chi connectivity index (χ1n) is 7.80. The number of likely N-dealkylation sites (N-methyl/N-ethyl adjacent to an activating group) is 1. The van der Waals surface area contributed by atoms with E-state index in [4.69, 9.17) is 0 Å². The Labute approximate surface area is 136 Å². The van der Waals surface area contributed by atoms with E-state index in [0.717, 1.165) is 26.2 Å². The summed E-state index contributed by atoms with van der Waals surface area (Å²) in [6.07, 6.45) is 3.17. The van der Waals surface area contributed by atoms with Crippen LogP contribution in [0.1, 0.15) is 16.1 Å². The molecule has 0 spiro atoms. The largest absolute Gasteiger partial charge is 0.365 e. The van der Waals surface area contributed by atoms with Gasteiger partial charge in [-0.15, -0.1) is 0 Å². The van der Waals surface area contributed by atoms with E-state index >= 15 is 0 Å². The summed E-state index contributed by atoms with van der Waals surface area (Å²) in [5.74, 6) is 0.629. The van der Waals surface area contributed by atoms with Crippen LogP contribution in [0.5, 0.6) is 0 Å². The molecule has 1 saturated heterocycles. The minimum atomic E-state index is -0.0415. The van der Waals surface area contributed by atoms with Crippen LogP contribution in [0.15, 0.2) is 42.7 Å². The zero-order valence-corrected chi connectivity index (χ0v) is 13.3. The van der Waals surface area contributed by atoms with Gasteiger partial charge in [-0.05, 0) is 12.6 Å². The number of hydrogen-bond acceptors (Lipinski definition) is 5. The van der Waals surface area contributed by atoms with Crippen molar-refractivity contribution in [1.82, 2.24) is 19.8 Å². The molecule has 23 heavy (non-hydrogen) atoms. The Hall–Kier alpha value is -2.47. The summed E-state index contributed by atoms with van der Waals surface area (Å²) < 4.78 is 0. The van der Waals surface area contributed by atoms with Crippen molar-refractivity contribution in [3.05, 3.63) is 54.0 Å². The summed E-state index contributed by atoms with van der Waals surface area (Å²) in [6, 6.07) is 10.1. The van der Waals surface area contributed by atoms with Gasteiger partial charge in [-0.1, -0.05) is 30.3 Å². The third kappa shape index (κ3) is 4.04. The minimum absolute atomic E-state index is 0.0415. The van der Waals surface area contributed by atoms with Gasteiger partial charge in [0.15, 0.2) is 0 Å². The smallest absolute Gasteiger partial charge is 0.274 e. The van der Waals surface area contributed by atoms with Gasteiger partial charge in [-0.3, -0.25) is 4.79 Å². The maximum Gasteiger partial charge on any atom is 0.274 e. The van der Waals surface area contributed by atoms with Crippen LogP contribution in [0, 0.1) is 0 Å². The molecule has 2 heterocycles. The number of nitrogens with zero attached hydrogens (tertiary/aromatic N) is 4. The molecule has 3 rings (SSSR count). The van der Waals surface area contributed by atoms with Crippen LogP contribution >= 0.6 is 0 Å². The summed E-state index contributed by atoms with van der Waals surface area (Å²) in [7, 11) is 2.06. The van der Waals surface area contributed by atoms with Crippen LogP contribution in [0.4, 0.5) is 5.82 Å². The lowest BCUT2D eigenvalue weighted by atomic mass is 10.2. The fourth-order valence-electron chi connectivity index (χ4n) is 2.49. The molecule has 1 amide bonds. The van der Waals surface area contributed by atoms with Crippen molar-refractivity contribution < 1.29 is 4.79 Å². The van der Waals surface area contributed by atoms with Crippen molar-refractivity contribution in [3.8, 4) is 0 Å². The number of amides is 1. The fraction of sp³-hybridized carbons (Fsp3) is 0.353. The van der Waals surface area contributed by atoms with Crippen molar-refractivity contribution in [2.45, 2.75) is 6.54 Å². The quantitative estimate of drug-likeness (QED) is 0.926. The second-order valence-electron chi connectivity index (χ2n) is 5.72. The van der Waals surface area contributed by atoms with Crippen molar-refractivity contribution in [2.75, 3.05) is 38.5 Å². The van der Waals surface area contributed by atoms with Gasteiger partial charge >= 0.3 is 0 Å². The van der Waals surface area contributed by atoms with E-state index in [9.17, 15) is 4.79 Å². The molecule has 1 aromatic carbocycles. The highest BCUT2D eigenvalue weighted by atomic mass is 16.2. The molecular weight excluding hydrogens is 290 g/mol. The van der Waals surface area contributed by atoms with E-state index in [0.29, 0.717) is 18.1 Å². The van der Waals surface area contributed by atoms with E-state index in [1.54, 1.807) is 12.4 Å². The van der Waals surface area contributed by atoms with E-state index in [-0.39, 0.29) is 5.91 Å². The summed E-state index contributed by atoms with van der Waals surface area (Å²) in [4.78, 5) is 25.0. The zero-order valence-electron chi connectivity index (χ0n) is 13.3. The predicted octanol–water partition coefficient (Wildman–Crippen LogP) is 1.48. The Morgan fingerprint density at radius 1 is 1.09 bits per heavy atom. The molecule has 1 N–H and O–H groups in total. The van der Waals surface area contributed by atoms with Gasteiger partial charge in [0, 0.05) is 32.7 Å². The van der Waals surface area contributed by atoms with Gasteiger partial charge in [0.05, 0.1) is 12.4 Å². The molecule has 0 bridgehead atoms. The number of rotatable bonds is 4. The maximum atomic E-state index is 12.4. The fourth-order valence-corrected chi connectivity index (χ4v) is 2.49. The maximum absolute atomic E-state index is 12.4. The molecular formula is C17H21N5O. The monoisotopic (exact) mass is 311 g/mol. The summed E-state index contributed by atoms with van der Waals surface area (Å²) >= 11 is 0. The second-order valence-corrected chi connectivity index (χ2v) is 5.72. The van der Waals surface area contributed by atoms with Gasteiger partial charge in [-0.2, -0.15) is 0 Å². The predicted molar refractivity (Wildman–Crippen MR) is 89.2 cm³/mol. The molecule has 120 valence electrons. The molecule has 1 aromatic heterocycles. The van der Waals surface area contributed by atoms with Crippen LogP contribution in [0.3, 0.4) is 0 Å². The van der Waals surface area contributed by atoms with Crippen molar-refractivity contribution >= 4 is 11.7 Å². The number of carbonyl (C=O) groups excluding carboxylic acids is 1. The van der Waals surface area contributed by atoms with Gasteiger partial charge in [0.1, 0.15) is 11.5 Å². The molecule has 1 aliphatic heterocycles. The van der Waals surface area contributed by atoms with Crippen molar-refractivity contribution in [2.24, 2.45) is 0 Å². The van der Waals surface area contributed by atoms with E-state index in [1.165, 1.54) is 5.56 Å². The Morgan fingerprint density at radius 2 is 1.83 bits per heavy atom. The Morgan fingerprint density at radius 3 is 2.48 bits per heavy atom. The molecule has 2 aromatic rings. The lowest BCUT2D eigenvalue weighted by Crippen LogP contribution is -2.47. The summed E-state index contributed by atoms with van der Waals surface area (Å²) in [5.41, 5.74) is 1.58. The first kappa shape index (κ1) is 15.4. The zero-order chi connectivity index (χ0) is 16.1. The number of piperazine rings is 1. The topological polar surface area (TPSA) is 61.4 Å². The van der Waals surface area contributed by atoms with Crippen LogP contribution in [0.25, 0.3) is 0 Å². The summed E-state index contributed by atoms with van der Waals surface area (Å²) in [6.45, 7) is 3.96. The van der Waals surface area contributed by atoms with E-state index in [2.05, 4.69) is 27.2 Å². The molecule has 0 aliphatic carbocycles. The van der Waals surface area contributed by atoms with Gasteiger partial charge in [-0.25, -0.2) is 9.97 Å². The molecule has 1 fully saturated rings. The van der Waals surface area contributed by atoms with Gasteiger partial charge in [0.2, 0.25) is 0 Å². The minimum Gasteiger partial charge on any atom is -0.365 e.